The van der Waals surface area contributed by atoms with Gasteiger partial charge in [-0.15, -0.1) is 0 Å². The highest BCUT2D eigenvalue weighted by atomic mass is 32.3. The maximum atomic E-state index is 13.5. The monoisotopic (exact) mass is 567 g/mol. The summed E-state index contributed by atoms with van der Waals surface area (Å²) in [6.07, 6.45) is 1.63. The number of hydrogen-bond acceptors (Lipinski definition) is 8. The van der Waals surface area contributed by atoms with Crippen LogP contribution >= 0.6 is 0 Å². The van der Waals surface area contributed by atoms with Crippen molar-refractivity contribution in [2.45, 2.75) is 36.2 Å². The summed E-state index contributed by atoms with van der Waals surface area (Å²) in [5, 5.41) is 0. The first-order valence-electron chi connectivity index (χ1n) is 12.7. The Morgan fingerprint density at radius 2 is 1.55 bits per heavy atom. The zero-order chi connectivity index (χ0) is 27.6. The lowest BCUT2D eigenvalue weighted by Gasteiger charge is -2.38. The van der Waals surface area contributed by atoms with Gasteiger partial charge in [0.2, 0.25) is 0 Å². The molecule has 0 N–H and O–H groups in total. The Labute approximate surface area is 224 Å². The van der Waals surface area contributed by atoms with E-state index in [4.69, 9.17) is 9.47 Å². The van der Waals surface area contributed by atoms with E-state index in [2.05, 4.69) is 4.90 Å². The number of carbonyl (C=O) groups excluding carboxylic acids is 1. The highest BCUT2D eigenvalue weighted by Crippen LogP contribution is 2.47. The van der Waals surface area contributed by atoms with Gasteiger partial charge in [0.05, 0.1) is 25.7 Å². The molecule has 8 nitrogen and oxygen atoms in total. The van der Waals surface area contributed by atoms with E-state index in [1.807, 2.05) is 0 Å². The number of carbonyl (C=O) groups is 1. The van der Waals surface area contributed by atoms with Gasteiger partial charge in [0.1, 0.15) is 5.82 Å². The van der Waals surface area contributed by atoms with Crippen molar-refractivity contribution in [1.29, 1.82) is 0 Å². The second-order valence-electron chi connectivity index (χ2n) is 9.90. The van der Waals surface area contributed by atoms with Gasteiger partial charge in [-0.1, -0.05) is 6.07 Å². The Kier molecular flexibility index (Phi) is 8.49. The zero-order valence-electron chi connectivity index (χ0n) is 21.7. The summed E-state index contributed by atoms with van der Waals surface area (Å²) in [6.45, 7) is 1.79. The molecule has 0 saturated carbocycles. The number of methoxy groups -OCH3 is 2. The minimum atomic E-state index is -4.02. The van der Waals surface area contributed by atoms with Gasteiger partial charge < -0.3 is 14.4 Å². The number of nitrogens with zero attached hydrogens (tertiary/aromatic N) is 1. The predicted molar refractivity (Wildman–Crippen MR) is 143 cm³/mol. The van der Waals surface area contributed by atoms with Crippen LogP contribution in [0.1, 0.15) is 48.0 Å². The quantitative estimate of drug-likeness (QED) is 0.423. The normalized spacial score (nSPS) is 21.0. The molecule has 2 aromatic rings. The van der Waals surface area contributed by atoms with Crippen LogP contribution in [0.25, 0.3) is 0 Å². The predicted octanol–water partition coefficient (Wildman–Crippen LogP) is 3.60. The smallest absolute Gasteiger partial charge is 0.198 e. The number of piperidine rings is 1. The summed E-state index contributed by atoms with van der Waals surface area (Å²) < 4.78 is 75.8. The number of Topliss-reactive ketones (excluding diaryl/α,β-unsaturated/α-hetero) is 1. The average Bonchev–Trinajstić information content (AvgIpc) is 2.90. The maximum absolute atomic E-state index is 13.5. The first kappa shape index (κ1) is 28.5. The van der Waals surface area contributed by atoms with Crippen molar-refractivity contribution < 1.29 is 35.5 Å². The Bertz CT molecular complexity index is 1330. The molecule has 0 aliphatic carbocycles. The standard InChI is InChI=1S/C27H34FNO7S2/c1-35-24-10-7-22(19-25(24)36-2)27(37(31,32)17-4-18-38(27,33)34)13-3-14-29-15-11-21(12-16-29)26(30)20-5-8-23(28)9-6-20/h5-10,19,21H,3-4,11-18H2,1-2H3. The van der Waals surface area contributed by atoms with Crippen LogP contribution in [0.4, 0.5) is 4.39 Å². The molecule has 11 heteroatoms. The van der Waals surface area contributed by atoms with E-state index in [1.165, 1.54) is 50.6 Å². The number of benzene rings is 2. The van der Waals surface area contributed by atoms with Crippen molar-refractivity contribution in [3.8, 4) is 11.5 Å². The Hall–Kier alpha value is -2.50. The number of ether oxygens (including phenoxy) is 2. The van der Waals surface area contributed by atoms with Crippen molar-refractivity contribution >= 4 is 25.5 Å². The second-order valence-corrected chi connectivity index (χ2v) is 14.8. The number of likely N-dealkylation sites (tertiary alicyclic amines) is 1. The fourth-order valence-electron chi connectivity index (χ4n) is 5.65. The van der Waals surface area contributed by atoms with Crippen LogP contribution in [-0.2, 0) is 23.8 Å². The van der Waals surface area contributed by atoms with E-state index in [-0.39, 0.29) is 53.2 Å². The van der Waals surface area contributed by atoms with Crippen molar-refractivity contribution in [1.82, 2.24) is 4.90 Å². The van der Waals surface area contributed by atoms with Gasteiger partial charge in [-0.25, -0.2) is 21.2 Å². The van der Waals surface area contributed by atoms with Gasteiger partial charge in [0.25, 0.3) is 0 Å². The van der Waals surface area contributed by atoms with Crippen molar-refractivity contribution in [3.05, 3.63) is 59.4 Å². The van der Waals surface area contributed by atoms with Crippen LogP contribution in [0, 0.1) is 11.7 Å². The molecule has 2 fully saturated rings. The van der Waals surface area contributed by atoms with Crippen LogP contribution in [0.3, 0.4) is 0 Å². The molecule has 0 spiro atoms. The summed E-state index contributed by atoms with van der Waals surface area (Å²) in [5.41, 5.74) is 0.674. The molecule has 2 saturated heterocycles. The van der Waals surface area contributed by atoms with Crippen molar-refractivity contribution in [2.75, 3.05) is 45.4 Å². The lowest BCUT2D eigenvalue weighted by Crippen LogP contribution is -2.50. The maximum Gasteiger partial charge on any atom is 0.198 e. The zero-order valence-corrected chi connectivity index (χ0v) is 23.3. The summed E-state index contributed by atoms with van der Waals surface area (Å²) in [5.74, 6) is -0.285. The van der Waals surface area contributed by atoms with E-state index in [0.29, 0.717) is 50.2 Å². The largest absolute Gasteiger partial charge is 0.493 e. The van der Waals surface area contributed by atoms with Gasteiger partial charge >= 0.3 is 0 Å². The fourth-order valence-corrected chi connectivity index (χ4v) is 11.5. The molecule has 208 valence electrons. The van der Waals surface area contributed by atoms with Gasteiger partial charge in [0.15, 0.2) is 41.0 Å². The summed E-state index contributed by atoms with van der Waals surface area (Å²) >= 11 is 0. The van der Waals surface area contributed by atoms with E-state index in [9.17, 15) is 26.0 Å². The minimum Gasteiger partial charge on any atom is -0.493 e. The summed E-state index contributed by atoms with van der Waals surface area (Å²) in [7, 11) is -5.17. The van der Waals surface area contributed by atoms with Crippen molar-refractivity contribution in [3.63, 3.8) is 0 Å². The van der Waals surface area contributed by atoms with E-state index in [1.54, 1.807) is 6.07 Å². The number of hydrogen-bond donors (Lipinski definition) is 0. The topological polar surface area (TPSA) is 107 Å². The third-order valence-corrected chi connectivity index (χ3v) is 13.8. The fraction of sp³-hybridized carbons (Fsp3) is 0.519. The lowest BCUT2D eigenvalue weighted by atomic mass is 9.89. The Balaban J connectivity index is 1.49. The molecule has 38 heavy (non-hydrogen) atoms. The van der Waals surface area contributed by atoms with E-state index >= 15 is 0 Å². The molecule has 0 radical (unpaired) electrons. The number of halogens is 1. The van der Waals surface area contributed by atoms with Crippen molar-refractivity contribution in [2.24, 2.45) is 5.92 Å². The van der Waals surface area contributed by atoms with E-state index in [0.717, 1.165) is 0 Å². The third-order valence-electron chi connectivity index (χ3n) is 7.72. The first-order valence-corrected chi connectivity index (χ1v) is 16.0. The highest BCUT2D eigenvalue weighted by molar-refractivity contribution is 8.10. The molecule has 4 rings (SSSR count). The lowest BCUT2D eigenvalue weighted by molar-refractivity contribution is 0.0838. The van der Waals surface area contributed by atoms with Crippen LogP contribution in [0.15, 0.2) is 42.5 Å². The minimum absolute atomic E-state index is 0.00329. The van der Waals surface area contributed by atoms with Gasteiger partial charge in [0, 0.05) is 11.5 Å². The summed E-state index contributed by atoms with van der Waals surface area (Å²) in [6, 6.07) is 10.1. The van der Waals surface area contributed by atoms with Crippen LogP contribution in [-0.4, -0.2) is 72.9 Å². The molecule has 0 amide bonds. The van der Waals surface area contributed by atoms with Crippen LogP contribution < -0.4 is 9.47 Å². The molecule has 2 aliphatic heterocycles. The molecule has 0 atom stereocenters. The number of ketones is 1. The van der Waals surface area contributed by atoms with Crippen LogP contribution in [0.5, 0.6) is 11.5 Å². The molecule has 2 aliphatic rings. The Morgan fingerprint density at radius 1 is 0.947 bits per heavy atom. The molecule has 2 aromatic carbocycles. The molecule has 0 unspecified atom stereocenters. The third kappa shape index (κ3) is 5.33. The summed E-state index contributed by atoms with van der Waals surface area (Å²) in [4.78, 5) is 14.9. The molecule has 2 heterocycles. The highest BCUT2D eigenvalue weighted by Gasteiger charge is 2.57. The molecular formula is C27H34FNO7S2. The Morgan fingerprint density at radius 3 is 2.13 bits per heavy atom. The molecule has 0 bridgehead atoms. The SMILES string of the molecule is COc1ccc(C2(CCCN3CCC(C(=O)c4ccc(F)cc4)CC3)S(=O)(=O)CCCS2(=O)=O)cc1OC. The molecular weight excluding hydrogens is 533 g/mol. The van der Waals surface area contributed by atoms with E-state index < -0.39 is 23.8 Å². The van der Waals surface area contributed by atoms with Crippen LogP contribution in [0.2, 0.25) is 0 Å². The van der Waals surface area contributed by atoms with Gasteiger partial charge in [-0.05, 0) is 93.7 Å². The first-order chi connectivity index (χ1) is 18.0. The number of sulfone groups is 2. The van der Waals surface area contributed by atoms with Gasteiger partial charge in [-0.3, -0.25) is 4.79 Å². The molecule has 0 aromatic heterocycles. The van der Waals surface area contributed by atoms with Gasteiger partial charge in [-0.2, -0.15) is 0 Å². The second kappa shape index (κ2) is 11.3. The average molecular weight is 568 g/mol. The number of rotatable bonds is 9.